The maximum Gasteiger partial charge on any atom is 0.339 e. The molecule has 0 atom stereocenters. The molecule has 0 radical (unpaired) electrons. The van der Waals surface area contributed by atoms with Crippen LogP contribution >= 0.6 is 11.3 Å². The summed E-state index contributed by atoms with van der Waals surface area (Å²) in [6.45, 7) is 1.47. The normalized spacial score (nSPS) is 14.6. The van der Waals surface area contributed by atoms with Crippen molar-refractivity contribution in [3.63, 3.8) is 0 Å². The van der Waals surface area contributed by atoms with Gasteiger partial charge in [-0.15, -0.1) is 10.2 Å². The highest BCUT2D eigenvalue weighted by Gasteiger charge is 2.27. The molecule has 1 amide bonds. The van der Waals surface area contributed by atoms with E-state index in [1.54, 1.807) is 24.3 Å². The van der Waals surface area contributed by atoms with Crippen LogP contribution in [-0.4, -0.2) is 46.8 Å². The zero-order chi connectivity index (χ0) is 20.2. The third kappa shape index (κ3) is 4.14. The van der Waals surface area contributed by atoms with Gasteiger partial charge in [0.15, 0.2) is 0 Å². The molecule has 150 valence electrons. The summed E-state index contributed by atoms with van der Waals surface area (Å²) in [6, 6.07) is 10.8. The summed E-state index contributed by atoms with van der Waals surface area (Å²) in [4.78, 5) is 26.8. The largest absolute Gasteiger partial charge is 0.465 e. The molecule has 1 fully saturated rings. The lowest BCUT2D eigenvalue weighted by atomic mass is 9.96. The first-order chi connectivity index (χ1) is 14.2. The molecule has 8 nitrogen and oxygen atoms in total. The van der Waals surface area contributed by atoms with Crippen molar-refractivity contribution in [3.05, 3.63) is 54.4 Å². The van der Waals surface area contributed by atoms with Gasteiger partial charge in [0.05, 0.1) is 18.4 Å². The summed E-state index contributed by atoms with van der Waals surface area (Å²) in [6.07, 6.45) is 5.30. The van der Waals surface area contributed by atoms with Crippen LogP contribution in [0.4, 0.5) is 10.8 Å². The number of piperidine rings is 1. The van der Waals surface area contributed by atoms with E-state index in [9.17, 15) is 9.59 Å². The van der Waals surface area contributed by atoms with Crippen LogP contribution in [0.1, 0.15) is 23.2 Å². The van der Waals surface area contributed by atoms with Gasteiger partial charge in [-0.2, -0.15) is 0 Å². The number of nitrogens with one attached hydrogen (secondary N) is 1. The number of anilines is 2. The fraction of sp³-hybridized carbons (Fsp3) is 0.300. The summed E-state index contributed by atoms with van der Waals surface area (Å²) in [5.74, 6) is -0.662. The van der Waals surface area contributed by atoms with E-state index in [1.165, 1.54) is 18.4 Å². The van der Waals surface area contributed by atoms with Crippen molar-refractivity contribution in [2.24, 2.45) is 5.92 Å². The molecule has 0 bridgehead atoms. The number of esters is 1. The predicted octanol–water partition coefficient (Wildman–Crippen LogP) is 2.97. The Morgan fingerprint density at radius 2 is 1.76 bits per heavy atom. The van der Waals surface area contributed by atoms with Crippen LogP contribution in [-0.2, 0) is 9.53 Å². The van der Waals surface area contributed by atoms with Gasteiger partial charge in [0.2, 0.25) is 16.2 Å². The smallest absolute Gasteiger partial charge is 0.339 e. The zero-order valence-corrected chi connectivity index (χ0v) is 16.8. The van der Waals surface area contributed by atoms with Crippen LogP contribution in [0.25, 0.3) is 5.13 Å². The molecule has 1 N–H and O–H groups in total. The molecule has 0 spiro atoms. The first-order valence-electron chi connectivity index (χ1n) is 9.35. The average molecular weight is 411 g/mol. The minimum absolute atomic E-state index is 0.0775. The molecule has 0 aliphatic carbocycles. The lowest BCUT2D eigenvalue weighted by Gasteiger charge is -2.30. The number of rotatable bonds is 5. The van der Waals surface area contributed by atoms with Crippen LogP contribution in [0.3, 0.4) is 0 Å². The first-order valence-corrected chi connectivity index (χ1v) is 10.2. The summed E-state index contributed by atoms with van der Waals surface area (Å²) < 4.78 is 6.72. The minimum atomic E-state index is -0.467. The number of hydrogen-bond acceptors (Lipinski definition) is 7. The molecular formula is C20H21N5O3S. The molecule has 2 aromatic heterocycles. The molecule has 1 aliphatic heterocycles. The minimum Gasteiger partial charge on any atom is -0.465 e. The van der Waals surface area contributed by atoms with Crippen LogP contribution in [0.15, 0.2) is 48.8 Å². The number of carbonyl (C=O) groups excluding carboxylic acids is 2. The maximum absolute atomic E-state index is 12.7. The number of benzene rings is 1. The Labute approximate surface area is 172 Å². The highest BCUT2D eigenvalue weighted by molar-refractivity contribution is 7.17. The average Bonchev–Trinajstić information content (AvgIpc) is 3.45. The Morgan fingerprint density at radius 1 is 1.07 bits per heavy atom. The standard InChI is InChI=1S/C20H21N5O3S/c1-28-18(27)15-6-2-3-7-16(15)21-17(26)14-8-12-25(13-9-14)20-23-22-19(29-20)24-10-4-5-11-24/h2-7,10-11,14H,8-9,12-13H2,1H3,(H,21,26). The number of methoxy groups -OCH3 is 1. The number of hydrogen-bond donors (Lipinski definition) is 1. The van der Waals surface area contributed by atoms with E-state index in [0.29, 0.717) is 24.1 Å². The molecule has 0 unspecified atom stereocenters. The highest BCUT2D eigenvalue weighted by Crippen LogP contribution is 2.28. The van der Waals surface area contributed by atoms with E-state index in [-0.39, 0.29) is 11.8 Å². The van der Waals surface area contributed by atoms with Gasteiger partial charge >= 0.3 is 5.97 Å². The topological polar surface area (TPSA) is 89.3 Å². The van der Waals surface area contributed by atoms with Gasteiger partial charge in [0.1, 0.15) is 0 Å². The Morgan fingerprint density at radius 3 is 2.48 bits per heavy atom. The summed E-state index contributed by atoms with van der Waals surface area (Å²) >= 11 is 1.53. The number of amides is 1. The van der Waals surface area contributed by atoms with Crippen molar-refractivity contribution >= 4 is 34.0 Å². The van der Waals surface area contributed by atoms with Gasteiger partial charge in [-0.05, 0) is 37.1 Å². The van der Waals surface area contributed by atoms with E-state index in [4.69, 9.17) is 4.74 Å². The van der Waals surface area contributed by atoms with Crippen molar-refractivity contribution < 1.29 is 14.3 Å². The SMILES string of the molecule is COC(=O)c1ccccc1NC(=O)C1CCN(c2nnc(-n3cccc3)s2)CC1. The third-order valence-electron chi connectivity index (χ3n) is 4.96. The van der Waals surface area contributed by atoms with Crippen LogP contribution in [0, 0.1) is 5.92 Å². The Hall–Kier alpha value is -3.20. The fourth-order valence-electron chi connectivity index (χ4n) is 3.35. The number of ether oxygens (including phenoxy) is 1. The Kier molecular flexibility index (Phi) is 5.57. The Balaban J connectivity index is 1.36. The van der Waals surface area contributed by atoms with Gasteiger partial charge < -0.3 is 15.0 Å². The first kappa shape index (κ1) is 19.1. The van der Waals surface area contributed by atoms with E-state index in [2.05, 4.69) is 20.4 Å². The number of nitrogens with zero attached hydrogens (tertiary/aromatic N) is 4. The molecule has 29 heavy (non-hydrogen) atoms. The quantitative estimate of drug-likeness (QED) is 0.650. The van der Waals surface area contributed by atoms with Crippen molar-refractivity contribution in [3.8, 4) is 5.13 Å². The van der Waals surface area contributed by atoms with Gasteiger partial charge in [-0.1, -0.05) is 23.5 Å². The predicted molar refractivity (Wildman–Crippen MR) is 111 cm³/mol. The van der Waals surface area contributed by atoms with Gasteiger partial charge in [0, 0.05) is 31.4 Å². The molecule has 1 aliphatic rings. The Bertz CT molecular complexity index is 993. The van der Waals surface area contributed by atoms with Crippen molar-refractivity contribution in [2.75, 3.05) is 30.4 Å². The number of para-hydroxylation sites is 1. The summed E-state index contributed by atoms with van der Waals surface area (Å²) in [5.41, 5.74) is 0.833. The van der Waals surface area contributed by atoms with Gasteiger partial charge in [0.25, 0.3) is 0 Å². The lowest BCUT2D eigenvalue weighted by Crippen LogP contribution is -2.38. The third-order valence-corrected chi connectivity index (χ3v) is 5.95. The van der Waals surface area contributed by atoms with Gasteiger partial charge in [-0.3, -0.25) is 9.36 Å². The van der Waals surface area contributed by atoms with Crippen LogP contribution in [0.5, 0.6) is 0 Å². The summed E-state index contributed by atoms with van der Waals surface area (Å²) in [7, 11) is 1.33. The van der Waals surface area contributed by atoms with E-state index in [1.807, 2.05) is 29.1 Å². The van der Waals surface area contributed by atoms with E-state index in [0.717, 1.165) is 23.4 Å². The van der Waals surface area contributed by atoms with Crippen molar-refractivity contribution in [1.29, 1.82) is 0 Å². The second kappa shape index (κ2) is 8.44. The lowest BCUT2D eigenvalue weighted by molar-refractivity contribution is -0.120. The number of carbonyl (C=O) groups is 2. The molecule has 3 aromatic rings. The molecular weight excluding hydrogens is 390 g/mol. The van der Waals surface area contributed by atoms with Crippen LogP contribution in [0.2, 0.25) is 0 Å². The second-order valence-electron chi connectivity index (χ2n) is 6.75. The fourth-order valence-corrected chi connectivity index (χ4v) is 4.22. The van der Waals surface area contributed by atoms with E-state index >= 15 is 0 Å². The monoisotopic (exact) mass is 411 g/mol. The van der Waals surface area contributed by atoms with E-state index < -0.39 is 5.97 Å². The van der Waals surface area contributed by atoms with Crippen LogP contribution < -0.4 is 10.2 Å². The molecule has 4 rings (SSSR count). The molecule has 0 saturated carbocycles. The number of aromatic nitrogens is 3. The van der Waals surface area contributed by atoms with Crippen molar-refractivity contribution in [2.45, 2.75) is 12.8 Å². The second-order valence-corrected chi connectivity index (χ2v) is 7.68. The molecule has 9 heteroatoms. The molecule has 1 aromatic carbocycles. The summed E-state index contributed by atoms with van der Waals surface area (Å²) in [5, 5.41) is 13.1. The highest BCUT2D eigenvalue weighted by atomic mass is 32.1. The maximum atomic E-state index is 12.7. The molecule has 3 heterocycles. The zero-order valence-electron chi connectivity index (χ0n) is 15.9. The van der Waals surface area contributed by atoms with Gasteiger partial charge in [-0.25, -0.2) is 4.79 Å². The van der Waals surface area contributed by atoms with Crippen molar-refractivity contribution in [1.82, 2.24) is 14.8 Å². The molecule has 1 saturated heterocycles.